The van der Waals surface area contributed by atoms with Crippen LogP contribution in [0.3, 0.4) is 0 Å². The molecule has 2 heterocycles. The SMILES string of the molecule is O=C(O)[C@@H]1C[C@@H]2CCCC[C@@H]2N1C(=O)COC[C@H]1CCCO1. The van der Waals surface area contributed by atoms with Crippen LogP contribution < -0.4 is 0 Å². The van der Waals surface area contributed by atoms with Gasteiger partial charge < -0.3 is 19.5 Å². The summed E-state index contributed by atoms with van der Waals surface area (Å²) in [6.07, 6.45) is 6.88. The first-order valence-electron chi connectivity index (χ1n) is 8.40. The summed E-state index contributed by atoms with van der Waals surface area (Å²) in [7, 11) is 0. The molecule has 1 N–H and O–H groups in total. The summed E-state index contributed by atoms with van der Waals surface area (Å²) in [5, 5.41) is 9.42. The van der Waals surface area contributed by atoms with Crippen LogP contribution in [0.1, 0.15) is 44.9 Å². The van der Waals surface area contributed by atoms with Gasteiger partial charge in [-0.1, -0.05) is 12.8 Å². The van der Waals surface area contributed by atoms with Gasteiger partial charge in [0, 0.05) is 12.6 Å². The molecule has 3 aliphatic rings. The van der Waals surface area contributed by atoms with Gasteiger partial charge in [0.1, 0.15) is 12.6 Å². The van der Waals surface area contributed by atoms with Crippen LogP contribution in [0.15, 0.2) is 0 Å². The smallest absolute Gasteiger partial charge is 0.326 e. The first kappa shape index (κ1) is 15.7. The molecule has 1 amide bonds. The minimum absolute atomic E-state index is 0.0349. The van der Waals surface area contributed by atoms with Crippen molar-refractivity contribution in [2.45, 2.75) is 63.1 Å². The highest BCUT2D eigenvalue weighted by Gasteiger charge is 2.47. The molecule has 4 atom stereocenters. The van der Waals surface area contributed by atoms with Crippen molar-refractivity contribution in [1.29, 1.82) is 0 Å². The Kier molecular flexibility index (Phi) is 4.98. The van der Waals surface area contributed by atoms with Gasteiger partial charge in [-0.3, -0.25) is 4.79 Å². The number of likely N-dealkylation sites (tertiary alicyclic amines) is 1. The molecule has 0 radical (unpaired) electrons. The number of hydrogen-bond acceptors (Lipinski definition) is 4. The summed E-state index contributed by atoms with van der Waals surface area (Å²) in [5.41, 5.74) is 0. The Labute approximate surface area is 130 Å². The van der Waals surface area contributed by atoms with E-state index in [4.69, 9.17) is 9.47 Å². The number of carbonyl (C=O) groups excluding carboxylic acids is 1. The van der Waals surface area contributed by atoms with Gasteiger partial charge >= 0.3 is 5.97 Å². The maximum Gasteiger partial charge on any atom is 0.326 e. The third kappa shape index (κ3) is 3.27. The molecule has 1 aliphatic carbocycles. The molecule has 0 aromatic carbocycles. The van der Waals surface area contributed by atoms with Crippen molar-refractivity contribution in [2.24, 2.45) is 5.92 Å². The highest BCUT2D eigenvalue weighted by Crippen LogP contribution is 2.39. The van der Waals surface area contributed by atoms with Crippen LogP contribution in [0.4, 0.5) is 0 Å². The number of ether oxygens (including phenoxy) is 2. The number of nitrogens with zero attached hydrogens (tertiary/aromatic N) is 1. The monoisotopic (exact) mass is 311 g/mol. The van der Waals surface area contributed by atoms with Crippen molar-refractivity contribution in [1.82, 2.24) is 4.90 Å². The van der Waals surface area contributed by atoms with Crippen LogP contribution >= 0.6 is 0 Å². The standard InChI is InChI=1S/C16H25NO5/c18-15(10-21-9-12-5-3-7-22-12)17-13-6-2-1-4-11(13)8-14(17)16(19)20/h11-14H,1-10H2,(H,19,20)/t11-,12+,13-,14-/m0/s1. The van der Waals surface area contributed by atoms with E-state index in [1.165, 1.54) is 0 Å². The lowest BCUT2D eigenvalue weighted by Gasteiger charge is -2.33. The molecule has 0 aromatic rings. The lowest BCUT2D eigenvalue weighted by Crippen LogP contribution is -2.47. The lowest BCUT2D eigenvalue weighted by molar-refractivity contribution is -0.152. The van der Waals surface area contributed by atoms with Gasteiger partial charge in [0.15, 0.2) is 0 Å². The van der Waals surface area contributed by atoms with E-state index in [9.17, 15) is 14.7 Å². The number of carboxylic acids is 1. The predicted molar refractivity (Wildman–Crippen MR) is 78.4 cm³/mol. The summed E-state index contributed by atoms with van der Waals surface area (Å²) in [6, 6.07) is -0.583. The highest BCUT2D eigenvalue weighted by atomic mass is 16.5. The average molecular weight is 311 g/mol. The number of carbonyl (C=O) groups is 2. The Morgan fingerprint density at radius 3 is 2.73 bits per heavy atom. The van der Waals surface area contributed by atoms with Crippen LogP contribution in [0, 0.1) is 5.92 Å². The first-order valence-corrected chi connectivity index (χ1v) is 8.40. The van der Waals surface area contributed by atoms with Crippen molar-refractivity contribution in [3.05, 3.63) is 0 Å². The molecule has 22 heavy (non-hydrogen) atoms. The molecule has 2 saturated heterocycles. The van der Waals surface area contributed by atoms with Crippen molar-refractivity contribution in [3.8, 4) is 0 Å². The molecule has 0 unspecified atom stereocenters. The van der Waals surface area contributed by atoms with E-state index in [1.54, 1.807) is 4.90 Å². The Morgan fingerprint density at radius 2 is 2.00 bits per heavy atom. The molecule has 0 bridgehead atoms. The Bertz CT molecular complexity index is 421. The van der Waals surface area contributed by atoms with Crippen LogP contribution in [0.25, 0.3) is 0 Å². The average Bonchev–Trinajstić information content (AvgIpc) is 3.13. The fourth-order valence-electron chi connectivity index (χ4n) is 4.17. The third-order valence-corrected chi connectivity index (χ3v) is 5.21. The largest absolute Gasteiger partial charge is 0.480 e. The minimum atomic E-state index is -0.887. The van der Waals surface area contributed by atoms with Crippen molar-refractivity contribution < 1.29 is 24.2 Å². The molecule has 0 aromatic heterocycles. The number of hydrogen-bond donors (Lipinski definition) is 1. The van der Waals surface area contributed by atoms with E-state index in [0.29, 0.717) is 18.9 Å². The fourth-order valence-corrected chi connectivity index (χ4v) is 4.17. The van der Waals surface area contributed by atoms with E-state index in [2.05, 4.69) is 0 Å². The van der Waals surface area contributed by atoms with E-state index >= 15 is 0 Å². The maximum atomic E-state index is 12.5. The Balaban J connectivity index is 1.56. The molecule has 6 nitrogen and oxygen atoms in total. The van der Waals surface area contributed by atoms with E-state index < -0.39 is 12.0 Å². The molecule has 3 fully saturated rings. The maximum absolute atomic E-state index is 12.5. The van der Waals surface area contributed by atoms with Crippen molar-refractivity contribution >= 4 is 11.9 Å². The minimum Gasteiger partial charge on any atom is -0.480 e. The van der Waals surface area contributed by atoms with Gasteiger partial charge in [-0.15, -0.1) is 0 Å². The zero-order chi connectivity index (χ0) is 15.5. The lowest BCUT2D eigenvalue weighted by atomic mass is 9.85. The zero-order valence-corrected chi connectivity index (χ0v) is 12.9. The second-order valence-corrected chi connectivity index (χ2v) is 6.65. The van der Waals surface area contributed by atoms with Gasteiger partial charge in [-0.2, -0.15) is 0 Å². The fraction of sp³-hybridized carbons (Fsp3) is 0.875. The quantitative estimate of drug-likeness (QED) is 0.831. The van der Waals surface area contributed by atoms with E-state index in [0.717, 1.165) is 45.1 Å². The zero-order valence-electron chi connectivity index (χ0n) is 12.9. The Hall–Kier alpha value is -1.14. The van der Waals surface area contributed by atoms with Gasteiger partial charge in [0.05, 0.1) is 12.7 Å². The van der Waals surface area contributed by atoms with Crippen LogP contribution in [-0.2, 0) is 19.1 Å². The second-order valence-electron chi connectivity index (χ2n) is 6.65. The molecular formula is C16H25NO5. The van der Waals surface area contributed by atoms with Gasteiger partial charge in [0.25, 0.3) is 0 Å². The molecule has 2 aliphatic heterocycles. The van der Waals surface area contributed by atoms with Crippen molar-refractivity contribution in [2.75, 3.05) is 19.8 Å². The summed E-state index contributed by atoms with van der Waals surface area (Å²) < 4.78 is 11.0. The summed E-state index contributed by atoms with van der Waals surface area (Å²) in [4.78, 5) is 25.6. The third-order valence-electron chi connectivity index (χ3n) is 5.21. The number of carboxylic acid groups (broad SMARTS) is 1. The number of rotatable bonds is 5. The van der Waals surface area contributed by atoms with Gasteiger partial charge in [0.2, 0.25) is 5.91 Å². The molecule has 3 rings (SSSR count). The van der Waals surface area contributed by atoms with Crippen LogP contribution in [0.2, 0.25) is 0 Å². The molecular weight excluding hydrogens is 286 g/mol. The Morgan fingerprint density at radius 1 is 1.18 bits per heavy atom. The summed E-state index contributed by atoms with van der Waals surface area (Å²) in [5.74, 6) is -0.723. The summed E-state index contributed by atoms with van der Waals surface area (Å²) >= 11 is 0. The van der Waals surface area contributed by atoms with Crippen LogP contribution in [-0.4, -0.2) is 59.9 Å². The first-order chi connectivity index (χ1) is 10.7. The normalized spacial score (nSPS) is 34.6. The highest BCUT2D eigenvalue weighted by molar-refractivity contribution is 5.85. The second kappa shape index (κ2) is 6.96. The topological polar surface area (TPSA) is 76.1 Å². The number of fused-ring (bicyclic) bond motifs is 1. The predicted octanol–water partition coefficient (Wildman–Crippen LogP) is 1.43. The van der Waals surface area contributed by atoms with E-state index in [-0.39, 0.29) is 24.7 Å². The number of amides is 1. The molecule has 1 saturated carbocycles. The molecule has 6 heteroatoms. The van der Waals surface area contributed by atoms with Gasteiger partial charge in [-0.05, 0) is 38.0 Å². The molecule has 0 spiro atoms. The van der Waals surface area contributed by atoms with Gasteiger partial charge in [-0.25, -0.2) is 4.79 Å². The van der Waals surface area contributed by atoms with E-state index in [1.807, 2.05) is 0 Å². The molecule has 124 valence electrons. The summed E-state index contributed by atoms with van der Waals surface area (Å²) in [6.45, 7) is 1.15. The number of aliphatic carboxylic acids is 1. The van der Waals surface area contributed by atoms with Crippen LogP contribution in [0.5, 0.6) is 0 Å². The van der Waals surface area contributed by atoms with Crippen molar-refractivity contribution in [3.63, 3.8) is 0 Å².